The largest absolute Gasteiger partial charge is 0.404 e. The lowest BCUT2D eigenvalue weighted by Gasteiger charge is -2.10. The van der Waals surface area contributed by atoms with Crippen molar-refractivity contribution in [3.05, 3.63) is 50.1 Å². The molecule has 1 amide bonds. The van der Waals surface area contributed by atoms with Gasteiger partial charge in [-0.3, -0.25) is 4.79 Å². The molecule has 8 heteroatoms. The molecule has 7 nitrogen and oxygen atoms in total. The zero-order valence-electron chi connectivity index (χ0n) is 11.5. The minimum absolute atomic E-state index is 0.0970. The van der Waals surface area contributed by atoms with Crippen molar-refractivity contribution in [2.24, 2.45) is 0 Å². The molecule has 1 aromatic heterocycles. The van der Waals surface area contributed by atoms with Gasteiger partial charge in [-0.05, 0) is 45.8 Å². The summed E-state index contributed by atoms with van der Waals surface area (Å²) in [6.45, 7) is 3.70. The van der Waals surface area contributed by atoms with Crippen molar-refractivity contribution in [3.63, 3.8) is 0 Å². The highest BCUT2D eigenvalue weighted by molar-refractivity contribution is 9.10. The Kier molecular flexibility index (Phi) is 4.37. The molecule has 110 valence electrons. The van der Waals surface area contributed by atoms with Crippen molar-refractivity contribution in [2.45, 2.75) is 20.4 Å². The van der Waals surface area contributed by atoms with Gasteiger partial charge in [0, 0.05) is 5.69 Å². The van der Waals surface area contributed by atoms with E-state index in [0.29, 0.717) is 0 Å². The van der Waals surface area contributed by atoms with E-state index in [0.717, 1.165) is 16.8 Å². The molecule has 0 unspecified atom stereocenters. The van der Waals surface area contributed by atoms with Gasteiger partial charge in [-0.1, -0.05) is 18.2 Å². The first-order valence-electron chi connectivity index (χ1n) is 6.12. The highest BCUT2D eigenvalue weighted by Gasteiger charge is 2.20. The van der Waals surface area contributed by atoms with E-state index in [1.807, 2.05) is 32.0 Å². The van der Waals surface area contributed by atoms with E-state index in [1.165, 1.54) is 10.9 Å². The van der Waals surface area contributed by atoms with E-state index in [-0.39, 0.29) is 22.7 Å². The summed E-state index contributed by atoms with van der Waals surface area (Å²) in [6, 6.07) is 5.71. The third kappa shape index (κ3) is 3.46. The number of aromatic nitrogens is 2. The van der Waals surface area contributed by atoms with Gasteiger partial charge in [0.2, 0.25) is 5.91 Å². The van der Waals surface area contributed by atoms with Crippen LogP contribution in [0.1, 0.15) is 11.1 Å². The number of amides is 1. The fourth-order valence-corrected chi connectivity index (χ4v) is 2.39. The molecule has 0 aliphatic rings. The number of nitrogens with one attached hydrogen (secondary N) is 1. The molecule has 0 fully saturated rings. The monoisotopic (exact) mass is 352 g/mol. The third-order valence-corrected chi connectivity index (χ3v) is 3.48. The zero-order chi connectivity index (χ0) is 15.6. The lowest BCUT2D eigenvalue weighted by Crippen LogP contribution is -2.20. The Bertz CT molecular complexity index is 691. The lowest BCUT2D eigenvalue weighted by atomic mass is 10.1. The molecule has 1 N–H and O–H groups in total. The molecule has 21 heavy (non-hydrogen) atoms. The molecule has 0 bridgehead atoms. The van der Waals surface area contributed by atoms with E-state index in [2.05, 4.69) is 26.3 Å². The van der Waals surface area contributed by atoms with E-state index >= 15 is 0 Å². The van der Waals surface area contributed by atoms with Gasteiger partial charge in [-0.25, -0.2) is 0 Å². The first-order chi connectivity index (χ1) is 9.88. The molecule has 0 aliphatic carbocycles. The molecule has 0 spiro atoms. The summed E-state index contributed by atoms with van der Waals surface area (Å²) in [5, 5.41) is 17.2. The molecular weight excluding hydrogens is 340 g/mol. The standard InChI is InChI=1S/C13H13BrN4O3/c1-8-4-3-5-9(2)12(8)15-11(19)7-17-6-10(14)13(16-17)18(20)21/h3-6H,7H2,1-2H3,(H,15,19). The number of nitrogens with zero attached hydrogens (tertiary/aromatic N) is 3. The Balaban J connectivity index is 2.12. The topological polar surface area (TPSA) is 90.1 Å². The Hall–Kier alpha value is -2.22. The van der Waals surface area contributed by atoms with Crippen LogP contribution in [-0.2, 0) is 11.3 Å². The maximum Gasteiger partial charge on any atom is 0.404 e. The van der Waals surface area contributed by atoms with E-state index in [9.17, 15) is 14.9 Å². The Morgan fingerprint density at radius 3 is 2.57 bits per heavy atom. The van der Waals surface area contributed by atoms with Crippen LogP contribution in [0.3, 0.4) is 0 Å². The van der Waals surface area contributed by atoms with Gasteiger partial charge >= 0.3 is 5.82 Å². The molecule has 2 aromatic rings. The number of benzene rings is 1. The predicted octanol–water partition coefficient (Wildman–Crippen LogP) is 2.81. The van der Waals surface area contributed by atoms with Crippen LogP contribution in [0.4, 0.5) is 11.5 Å². The second-order valence-corrected chi connectivity index (χ2v) is 5.42. The summed E-state index contributed by atoms with van der Waals surface area (Å²) in [5.41, 5.74) is 2.66. The molecule has 0 saturated carbocycles. The fraction of sp³-hybridized carbons (Fsp3) is 0.231. The average molecular weight is 353 g/mol. The lowest BCUT2D eigenvalue weighted by molar-refractivity contribution is -0.390. The number of aryl methyl sites for hydroxylation is 2. The minimum atomic E-state index is -0.607. The van der Waals surface area contributed by atoms with Crippen molar-refractivity contribution in [1.82, 2.24) is 9.78 Å². The van der Waals surface area contributed by atoms with Crippen LogP contribution in [0.5, 0.6) is 0 Å². The van der Waals surface area contributed by atoms with Gasteiger partial charge < -0.3 is 15.4 Å². The van der Waals surface area contributed by atoms with Gasteiger partial charge in [0.15, 0.2) is 0 Å². The third-order valence-electron chi connectivity index (χ3n) is 2.92. The van der Waals surface area contributed by atoms with E-state index in [1.54, 1.807) is 0 Å². The number of halogens is 1. The van der Waals surface area contributed by atoms with Crippen LogP contribution in [-0.4, -0.2) is 20.6 Å². The molecule has 0 atom stereocenters. The predicted molar refractivity (Wildman–Crippen MR) is 81.1 cm³/mol. The van der Waals surface area contributed by atoms with Gasteiger partial charge in [0.1, 0.15) is 11.0 Å². The molecule has 1 aromatic carbocycles. The highest BCUT2D eigenvalue weighted by atomic mass is 79.9. The summed E-state index contributed by atoms with van der Waals surface area (Å²) >= 11 is 3.04. The van der Waals surface area contributed by atoms with Crippen molar-refractivity contribution in [1.29, 1.82) is 0 Å². The highest BCUT2D eigenvalue weighted by Crippen LogP contribution is 2.22. The quantitative estimate of drug-likeness (QED) is 0.676. The number of hydrogen-bond donors (Lipinski definition) is 1. The summed E-state index contributed by atoms with van der Waals surface area (Å²) in [5.74, 6) is -0.604. The average Bonchev–Trinajstić information content (AvgIpc) is 2.75. The molecule has 1 heterocycles. The van der Waals surface area contributed by atoms with Crippen molar-refractivity contribution in [2.75, 3.05) is 5.32 Å². The SMILES string of the molecule is Cc1cccc(C)c1NC(=O)Cn1cc(Br)c([N+](=O)[O-])n1. The number of hydrogen-bond acceptors (Lipinski definition) is 4. The summed E-state index contributed by atoms with van der Waals surface area (Å²) < 4.78 is 1.47. The Morgan fingerprint density at radius 1 is 1.43 bits per heavy atom. The molecule has 0 radical (unpaired) electrons. The van der Waals surface area contributed by atoms with E-state index < -0.39 is 4.92 Å². The maximum atomic E-state index is 12.0. The zero-order valence-corrected chi connectivity index (χ0v) is 13.0. The molecule has 2 rings (SSSR count). The van der Waals surface area contributed by atoms with Crippen molar-refractivity contribution in [3.8, 4) is 0 Å². The fourth-order valence-electron chi connectivity index (χ4n) is 1.93. The van der Waals surface area contributed by atoms with Gasteiger partial charge in [0.05, 0.1) is 11.3 Å². The second kappa shape index (κ2) is 6.04. The smallest absolute Gasteiger partial charge is 0.358 e. The molecular formula is C13H13BrN4O3. The van der Waals surface area contributed by atoms with E-state index in [4.69, 9.17) is 0 Å². The number of rotatable bonds is 4. The normalized spacial score (nSPS) is 10.4. The van der Waals surface area contributed by atoms with Gasteiger partial charge in [-0.15, -0.1) is 0 Å². The van der Waals surface area contributed by atoms with Gasteiger partial charge in [-0.2, -0.15) is 4.68 Å². The second-order valence-electron chi connectivity index (χ2n) is 4.57. The van der Waals surface area contributed by atoms with Crippen LogP contribution < -0.4 is 5.32 Å². The van der Waals surface area contributed by atoms with Gasteiger partial charge in [0.25, 0.3) is 0 Å². The Morgan fingerprint density at radius 2 is 2.05 bits per heavy atom. The summed E-state index contributed by atoms with van der Waals surface area (Å²) in [6.07, 6.45) is 1.41. The maximum absolute atomic E-state index is 12.0. The Labute approximate surface area is 129 Å². The van der Waals surface area contributed by atoms with Crippen LogP contribution in [0.2, 0.25) is 0 Å². The summed E-state index contributed by atoms with van der Waals surface area (Å²) in [7, 11) is 0. The molecule has 0 saturated heterocycles. The first kappa shape index (κ1) is 15.2. The van der Waals surface area contributed by atoms with Crippen LogP contribution in [0.25, 0.3) is 0 Å². The number of nitro groups is 1. The number of anilines is 1. The summed E-state index contributed by atoms with van der Waals surface area (Å²) in [4.78, 5) is 22.1. The van der Waals surface area contributed by atoms with Crippen molar-refractivity contribution >= 4 is 33.3 Å². The number of para-hydroxylation sites is 1. The number of carbonyl (C=O) groups excluding carboxylic acids is 1. The van der Waals surface area contributed by atoms with Crippen LogP contribution >= 0.6 is 15.9 Å². The number of carbonyl (C=O) groups is 1. The first-order valence-corrected chi connectivity index (χ1v) is 6.91. The van der Waals surface area contributed by atoms with Crippen LogP contribution in [0, 0.1) is 24.0 Å². The van der Waals surface area contributed by atoms with Crippen LogP contribution in [0.15, 0.2) is 28.9 Å². The minimum Gasteiger partial charge on any atom is -0.358 e. The van der Waals surface area contributed by atoms with Crippen molar-refractivity contribution < 1.29 is 9.72 Å². The molecule has 0 aliphatic heterocycles.